The molecule has 4 aromatic carbocycles. The fourth-order valence-corrected chi connectivity index (χ4v) is 6.03. The highest BCUT2D eigenvalue weighted by Gasteiger charge is 2.49. The Labute approximate surface area is 302 Å². The number of esters is 4. The number of carbonyl (C=O) groups excluding carboxylic acids is 5. The highest BCUT2D eigenvalue weighted by molar-refractivity contribution is 5.91. The van der Waals surface area contributed by atoms with Crippen molar-refractivity contribution in [1.82, 2.24) is 10.2 Å². The predicted octanol–water partition coefficient (Wildman–Crippen LogP) is 5.40. The van der Waals surface area contributed by atoms with E-state index in [1.165, 1.54) is 6.92 Å². The van der Waals surface area contributed by atoms with Gasteiger partial charge in [0.05, 0.1) is 28.8 Å². The largest absolute Gasteiger partial charge is 0.461 e. The Bertz CT molecular complexity index is 1770. The maximum Gasteiger partial charge on any atom is 0.338 e. The third-order valence-corrected chi connectivity index (χ3v) is 8.61. The molecule has 0 unspecified atom stereocenters. The first kappa shape index (κ1) is 37.4. The van der Waals surface area contributed by atoms with Gasteiger partial charge < -0.3 is 24.3 Å². The number of carbonyl (C=O) groups is 5. The van der Waals surface area contributed by atoms with E-state index in [2.05, 4.69) is 5.32 Å². The van der Waals surface area contributed by atoms with Gasteiger partial charge in [-0.25, -0.2) is 14.4 Å². The smallest absolute Gasteiger partial charge is 0.338 e. The van der Waals surface area contributed by atoms with E-state index in [1.807, 2.05) is 35.2 Å². The number of hydrogen-bond acceptors (Lipinski definition) is 10. The van der Waals surface area contributed by atoms with Crippen LogP contribution in [0.2, 0.25) is 0 Å². The first-order valence-corrected chi connectivity index (χ1v) is 17.2. The monoisotopic (exact) mass is 706 g/mol. The van der Waals surface area contributed by atoms with Crippen molar-refractivity contribution in [3.8, 4) is 0 Å². The van der Waals surface area contributed by atoms with Gasteiger partial charge in [-0.3, -0.25) is 14.5 Å². The number of rotatable bonds is 15. The molecule has 11 heteroatoms. The molecular formula is C41H42N2O9. The summed E-state index contributed by atoms with van der Waals surface area (Å²) in [6, 6.07) is 33.0. The van der Waals surface area contributed by atoms with Gasteiger partial charge in [-0.05, 0) is 61.3 Å². The summed E-state index contributed by atoms with van der Waals surface area (Å²) in [5.74, 6) is -2.67. The third-order valence-electron chi connectivity index (χ3n) is 8.61. The van der Waals surface area contributed by atoms with Gasteiger partial charge in [0, 0.05) is 19.9 Å². The van der Waals surface area contributed by atoms with Crippen LogP contribution in [0, 0.1) is 0 Å². The van der Waals surface area contributed by atoms with Crippen molar-refractivity contribution in [2.45, 2.75) is 57.1 Å². The van der Waals surface area contributed by atoms with Gasteiger partial charge >= 0.3 is 23.9 Å². The molecule has 0 spiro atoms. The second-order valence-electron chi connectivity index (χ2n) is 12.4. The molecule has 1 N–H and O–H groups in total. The average Bonchev–Trinajstić information content (AvgIpc) is 3.17. The van der Waals surface area contributed by atoms with E-state index in [4.69, 9.17) is 18.9 Å². The van der Waals surface area contributed by atoms with E-state index < -0.39 is 42.2 Å². The lowest BCUT2D eigenvalue weighted by Gasteiger charge is -2.47. The van der Waals surface area contributed by atoms with Crippen LogP contribution in [0.25, 0.3) is 0 Å². The highest BCUT2D eigenvalue weighted by atomic mass is 16.6. The molecule has 5 rings (SSSR count). The molecule has 1 aliphatic heterocycles. The first-order chi connectivity index (χ1) is 25.3. The Balaban J connectivity index is 1.40. The number of likely N-dealkylation sites (tertiary alicyclic amines) is 1. The van der Waals surface area contributed by atoms with Crippen molar-refractivity contribution >= 4 is 29.8 Å². The molecule has 0 saturated carbocycles. The van der Waals surface area contributed by atoms with E-state index in [9.17, 15) is 24.0 Å². The van der Waals surface area contributed by atoms with Gasteiger partial charge in [-0.2, -0.15) is 0 Å². The van der Waals surface area contributed by atoms with E-state index in [-0.39, 0.29) is 49.2 Å². The lowest BCUT2D eigenvalue weighted by molar-refractivity contribution is -0.145. The van der Waals surface area contributed by atoms with Crippen molar-refractivity contribution in [3.05, 3.63) is 144 Å². The first-order valence-electron chi connectivity index (χ1n) is 17.2. The van der Waals surface area contributed by atoms with Crippen LogP contribution >= 0.6 is 0 Å². The zero-order chi connectivity index (χ0) is 36.7. The normalized spacial score (nSPS) is 18.4. The van der Waals surface area contributed by atoms with Gasteiger partial charge in [0.2, 0.25) is 5.91 Å². The van der Waals surface area contributed by atoms with Crippen molar-refractivity contribution in [3.63, 3.8) is 0 Å². The predicted molar refractivity (Wildman–Crippen MR) is 191 cm³/mol. The van der Waals surface area contributed by atoms with E-state index in [0.29, 0.717) is 24.9 Å². The zero-order valence-electron chi connectivity index (χ0n) is 28.9. The van der Waals surface area contributed by atoms with Crippen LogP contribution < -0.4 is 5.32 Å². The van der Waals surface area contributed by atoms with Crippen molar-refractivity contribution < 1.29 is 42.9 Å². The van der Waals surface area contributed by atoms with E-state index >= 15 is 0 Å². The van der Waals surface area contributed by atoms with Crippen LogP contribution in [0.3, 0.4) is 0 Å². The lowest BCUT2D eigenvalue weighted by Crippen LogP contribution is -2.68. The third kappa shape index (κ3) is 10.8. The highest BCUT2D eigenvalue weighted by Crippen LogP contribution is 2.28. The summed E-state index contributed by atoms with van der Waals surface area (Å²) in [5, 5.41) is 2.88. The summed E-state index contributed by atoms with van der Waals surface area (Å²) in [6.45, 7) is 1.83. The Hall–Kier alpha value is -5.81. The Morgan fingerprint density at radius 2 is 1.13 bits per heavy atom. The molecule has 0 bridgehead atoms. The van der Waals surface area contributed by atoms with Crippen LogP contribution in [0.4, 0.5) is 0 Å². The minimum Gasteiger partial charge on any atom is -0.461 e. The molecule has 1 heterocycles. The van der Waals surface area contributed by atoms with Gasteiger partial charge in [-0.1, -0.05) is 84.9 Å². The number of unbranched alkanes of at least 4 members (excludes halogenated alkanes) is 1. The number of amides is 1. The number of ether oxygens (including phenoxy) is 4. The van der Waals surface area contributed by atoms with Gasteiger partial charge in [0.15, 0.2) is 12.2 Å². The van der Waals surface area contributed by atoms with Crippen molar-refractivity contribution in [1.29, 1.82) is 0 Å². The zero-order valence-corrected chi connectivity index (χ0v) is 28.9. The summed E-state index contributed by atoms with van der Waals surface area (Å²) in [4.78, 5) is 67.3. The molecule has 52 heavy (non-hydrogen) atoms. The van der Waals surface area contributed by atoms with Crippen LogP contribution in [0.15, 0.2) is 121 Å². The quantitative estimate of drug-likeness (QED) is 0.0973. The molecule has 0 radical (unpaired) electrons. The molecule has 270 valence electrons. The molecule has 1 saturated heterocycles. The molecule has 4 atom stereocenters. The summed E-state index contributed by atoms with van der Waals surface area (Å²) in [7, 11) is 0. The summed E-state index contributed by atoms with van der Waals surface area (Å²) in [6.07, 6.45) is -1.18. The summed E-state index contributed by atoms with van der Waals surface area (Å²) < 4.78 is 23.5. The SMILES string of the molecule is CC(=O)N[C@H]1CN(CCCCC(=O)OCc2ccccc2)[C@H](COC(=O)c2ccccc2)[C@H](OC(=O)c2ccccc2)[C@@H]1OC(=O)c1ccccc1. The standard InChI is InChI=1S/C41H42N2O9/c1-29(44)42-34-26-43(25-15-14-24-36(45)49-27-30-16-6-2-7-17-30)35(28-50-39(46)31-18-8-3-9-19-31)38(52-41(48)33-22-12-5-13-23-33)37(34)51-40(47)32-20-10-4-11-21-32/h2-13,16-23,34-35,37-38H,14-15,24-28H2,1H3,(H,42,44)/t34-,35+,37+,38-/m0/s1. The molecular weight excluding hydrogens is 664 g/mol. The molecule has 1 aliphatic rings. The number of hydrogen-bond donors (Lipinski definition) is 1. The van der Waals surface area contributed by atoms with Gasteiger partial charge in [-0.15, -0.1) is 0 Å². The van der Waals surface area contributed by atoms with Crippen molar-refractivity contribution in [2.24, 2.45) is 0 Å². The maximum absolute atomic E-state index is 13.6. The number of piperidine rings is 1. The second-order valence-corrected chi connectivity index (χ2v) is 12.4. The fourth-order valence-electron chi connectivity index (χ4n) is 6.03. The van der Waals surface area contributed by atoms with Gasteiger partial charge in [0.1, 0.15) is 13.2 Å². The second kappa shape index (κ2) is 19.0. The van der Waals surface area contributed by atoms with E-state index in [0.717, 1.165) is 5.56 Å². The Kier molecular flexibility index (Phi) is 13.7. The fraction of sp³-hybridized carbons (Fsp3) is 0.293. The Morgan fingerprint density at radius 3 is 1.67 bits per heavy atom. The summed E-state index contributed by atoms with van der Waals surface area (Å²) >= 11 is 0. The molecule has 4 aromatic rings. The minimum absolute atomic E-state index is 0.164. The average molecular weight is 707 g/mol. The number of benzene rings is 4. The van der Waals surface area contributed by atoms with Crippen LogP contribution in [0.1, 0.15) is 62.8 Å². The number of nitrogens with one attached hydrogen (secondary N) is 1. The molecule has 1 amide bonds. The Morgan fingerprint density at radius 1 is 0.635 bits per heavy atom. The van der Waals surface area contributed by atoms with Crippen LogP contribution in [-0.2, 0) is 35.1 Å². The number of nitrogens with zero attached hydrogens (tertiary/aromatic N) is 1. The molecule has 0 aromatic heterocycles. The summed E-state index contributed by atoms with van der Waals surface area (Å²) in [5.41, 5.74) is 1.75. The maximum atomic E-state index is 13.6. The van der Waals surface area contributed by atoms with Crippen LogP contribution in [0.5, 0.6) is 0 Å². The van der Waals surface area contributed by atoms with Crippen LogP contribution in [-0.4, -0.2) is 78.7 Å². The minimum atomic E-state index is -1.19. The molecule has 11 nitrogen and oxygen atoms in total. The topological polar surface area (TPSA) is 138 Å². The van der Waals surface area contributed by atoms with Gasteiger partial charge in [0.25, 0.3) is 0 Å². The lowest BCUT2D eigenvalue weighted by atomic mass is 9.91. The molecule has 1 fully saturated rings. The molecule has 0 aliphatic carbocycles. The van der Waals surface area contributed by atoms with E-state index in [1.54, 1.807) is 91.0 Å². The van der Waals surface area contributed by atoms with Crippen molar-refractivity contribution in [2.75, 3.05) is 19.7 Å².